The Labute approximate surface area is 177 Å². The maximum atomic E-state index is 14.7. The van der Waals surface area contributed by atoms with E-state index in [1.807, 2.05) is 36.0 Å². The highest BCUT2D eigenvalue weighted by Crippen LogP contribution is 2.42. The van der Waals surface area contributed by atoms with Crippen LogP contribution in [0.25, 0.3) is 16.8 Å². The van der Waals surface area contributed by atoms with E-state index in [0.717, 1.165) is 33.8 Å². The number of rotatable bonds is 1. The lowest BCUT2D eigenvalue weighted by atomic mass is 9.96. The summed E-state index contributed by atoms with van der Waals surface area (Å²) in [7, 11) is 1.92. The third-order valence-electron chi connectivity index (χ3n) is 6.30. The van der Waals surface area contributed by atoms with Crippen LogP contribution in [0.15, 0.2) is 24.5 Å². The summed E-state index contributed by atoms with van der Waals surface area (Å²) in [5.41, 5.74) is 6.03. The molecule has 4 aromatic rings. The van der Waals surface area contributed by atoms with Crippen molar-refractivity contribution in [3.63, 3.8) is 0 Å². The second-order valence-corrected chi connectivity index (χ2v) is 8.08. The molecule has 0 bridgehead atoms. The minimum Gasteiger partial charge on any atom is -0.493 e. The Kier molecular flexibility index (Phi) is 3.77. The number of halogens is 1. The highest BCUT2D eigenvalue weighted by molar-refractivity contribution is 5.84. The molecule has 0 spiro atoms. The SMILES string of the molecule is Cc1nn(C)c(C)c1-c1cc2c(n3cnnc13)NCc1c(F)ccc3c1[C@@H](CO3)CO2. The van der Waals surface area contributed by atoms with Gasteiger partial charge in [0.15, 0.2) is 17.2 Å². The Balaban J connectivity index is 1.55. The summed E-state index contributed by atoms with van der Waals surface area (Å²) in [4.78, 5) is 0. The average Bonchev–Trinajstić information content (AvgIpc) is 3.45. The Morgan fingerprint density at radius 1 is 1.16 bits per heavy atom. The Bertz CT molecular complexity index is 1360. The molecular weight excluding hydrogens is 399 g/mol. The van der Waals surface area contributed by atoms with Gasteiger partial charge in [-0.3, -0.25) is 9.08 Å². The summed E-state index contributed by atoms with van der Waals surface area (Å²) in [5.74, 6) is 1.81. The minimum atomic E-state index is -0.247. The molecule has 0 amide bonds. The zero-order valence-electron chi connectivity index (χ0n) is 17.4. The van der Waals surface area contributed by atoms with E-state index in [0.29, 0.717) is 42.5 Å². The summed E-state index contributed by atoms with van der Waals surface area (Å²) in [5, 5.41) is 16.4. The fourth-order valence-corrected chi connectivity index (χ4v) is 4.73. The lowest BCUT2D eigenvalue weighted by Crippen LogP contribution is -2.13. The van der Waals surface area contributed by atoms with Gasteiger partial charge in [-0.25, -0.2) is 4.39 Å². The molecule has 8 nitrogen and oxygen atoms in total. The normalized spacial score (nSPS) is 17.1. The zero-order valence-corrected chi connectivity index (χ0v) is 17.4. The molecule has 158 valence electrons. The molecule has 1 atom stereocenters. The van der Waals surface area contributed by atoms with E-state index in [-0.39, 0.29) is 11.7 Å². The van der Waals surface area contributed by atoms with Crippen molar-refractivity contribution < 1.29 is 13.9 Å². The Hall–Kier alpha value is -3.62. The standard InChI is InChI=1S/C22H21FN6O2/c1-11-19(12(2)28(3)27-11)14-6-18-22(29-10-25-26-21(14)29)24-7-15-16(23)4-5-17-20(15)13(8-30-17)9-31-18/h4-6,10,13,24H,7-9H2,1-3H3/t13-/m0/s1. The number of pyridine rings is 1. The van der Waals surface area contributed by atoms with Gasteiger partial charge in [0.1, 0.15) is 17.9 Å². The van der Waals surface area contributed by atoms with Crippen molar-refractivity contribution in [1.29, 1.82) is 0 Å². The number of hydrogen-bond donors (Lipinski definition) is 1. The molecule has 0 saturated carbocycles. The van der Waals surface area contributed by atoms with Crippen molar-refractivity contribution in [2.75, 3.05) is 18.5 Å². The molecule has 31 heavy (non-hydrogen) atoms. The molecule has 0 radical (unpaired) electrons. The van der Waals surface area contributed by atoms with Gasteiger partial charge in [-0.2, -0.15) is 5.10 Å². The summed E-state index contributed by atoms with van der Waals surface area (Å²) < 4.78 is 30.5. The molecule has 0 aliphatic carbocycles. The number of aromatic nitrogens is 5. The number of ether oxygens (including phenoxy) is 2. The fraction of sp³-hybridized carbons (Fsp3) is 0.318. The number of benzene rings is 1. The van der Waals surface area contributed by atoms with E-state index < -0.39 is 0 Å². The highest BCUT2D eigenvalue weighted by Gasteiger charge is 2.32. The number of aryl methyl sites for hydroxylation is 2. The van der Waals surface area contributed by atoms with Gasteiger partial charge >= 0.3 is 0 Å². The van der Waals surface area contributed by atoms with Crippen LogP contribution in [-0.2, 0) is 13.6 Å². The van der Waals surface area contributed by atoms with E-state index in [1.54, 1.807) is 12.4 Å². The molecule has 3 aromatic heterocycles. The van der Waals surface area contributed by atoms with E-state index >= 15 is 0 Å². The molecular formula is C22H21FN6O2. The second-order valence-electron chi connectivity index (χ2n) is 8.08. The molecule has 5 heterocycles. The zero-order chi connectivity index (χ0) is 21.3. The number of nitrogens with zero attached hydrogens (tertiary/aromatic N) is 5. The Morgan fingerprint density at radius 2 is 1.97 bits per heavy atom. The topological polar surface area (TPSA) is 78.5 Å². The van der Waals surface area contributed by atoms with Crippen molar-refractivity contribution in [2.45, 2.75) is 26.3 Å². The summed E-state index contributed by atoms with van der Waals surface area (Å²) >= 11 is 0. The van der Waals surface area contributed by atoms with Gasteiger partial charge in [0, 0.05) is 41.5 Å². The van der Waals surface area contributed by atoms with Crippen LogP contribution >= 0.6 is 0 Å². The third kappa shape index (κ3) is 2.55. The largest absolute Gasteiger partial charge is 0.493 e. The monoisotopic (exact) mass is 420 g/mol. The highest BCUT2D eigenvalue weighted by atomic mass is 19.1. The third-order valence-corrected chi connectivity index (χ3v) is 6.30. The first kappa shape index (κ1) is 18.2. The van der Waals surface area contributed by atoms with Gasteiger partial charge < -0.3 is 14.8 Å². The molecule has 1 N–H and O–H groups in total. The maximum absolute atomic E-state index is 14.7. The predicted octanol–water partition coefficient (Wildman–Crippen LogP) is 3.37. The van der Waals surface area contributed by atoms with Crippen molar-refractivity contribution in [3.8, 4) is 22.6 Å². The number of nitrogens with one attached hydrogen (secondary N) is 1. The van der Waals surface area contributed by atoms with Crippen molar-refractivity contribution in [3.05, 3.63) is 52.9 Å². The van der Waals surface area contributed by atoms with E-state index in [9.17, 15) is 4.39 Å². The van der Waals surface area contributed by atoms with Crippen LogP contribution in [0.2, 0.25) is 0 Å². The van der Waals surface area contributed by atoms with Gasteiger partial charge in [0.05, 0.1) is 24.8 Å². The van der Waals surface area contributed by atoms with Crippen LogP contribution in [0.5, 0.6) is 11.5 Å². The van der Waals surface area contributed by atoms with Gasteiger partial charge in [-0.15, -0.1) is 10.2 Å². The Morgan fingerprint density at radius 3 is 2.74 bits per heavy atom. The van der Waals surface area contributed by atoms with Crippen LogP contribution in [0, 0.1) is 19.7 Å². The lowest BCUT2D eigenvalue weighted by Gasteiger charge is -2.17. The van der Waals surface area contributed by atoms with Crippen molar-refractivity contribution in [2.24, 2.45) is 7.05 Å². The van der Waals surface area contributed by atoms with Crippen LogP contribution in [0.3, 0.4) is 0 Å². The molecule has 0 saturated heterocycles. The molecule has 6 rings (SSSR count). The van der Waals surface area contributed by atoms with E-state index in [1.165, 1.54) is 6.07 Å². The number of hydrogen-bond acceptors (Lipinski definition) is 6. The summed E-state index contributed by atoms with van der Waals surface area (Å²) in [6, 6.07) is 5.14. The smallest absolute Gasteiger partial charge is 0.170 e. The molecule has 0 fully saturated rings. The van der Waals surface area contributed by atoms with Crippen molar-refractivity contribution in [1.82, 2.24) is 24.4 Å². The minimum absolute atomic E-state index is 0.0321. The van der Waals surface area contributed by atoms with Gasteiger partial charge in [0.25, 0.3) is 0 Å². The first-order chi connectivity index (χ1) is 15.0. The first-order valence-corrected chi connectivity index (χ1v) is 10.2. The fourth-order valence-electron chi connectivity index (χ4n) is 4.73. The summed E-state index contributed by atoms with van der Waals surface area (Å²) in [6.07, 6.45) is 1.65. The van der Waals surface area contributed by atoms with Gasteiger partial charge in [-0.05, 0) is 32.0 Å². The van der Waals surface area contributed by atoms with Gasteiger partial charge in [-0.1, -0.05) is 0 Å². The quantitative estimate of drug-likeness (QED) is 0.509. The van der Waals surface area contributed by atoms with Crippen LogP contribution in [0.1, 0.15) is 28.4 Å². The first-order valence-electron chi connectivity index (χ1n) is 10.2. The molecule has 9 heteroatoms. The van der Waals surface area contributed by atoms with Crippen molar-refractivity contribution >= 4 is 11.5 Å². The van der Waals surface area contributed by atoms with E-state index in [4.69, 9.17) is 9.47 Å². The van der Waals surface area contributed by atoms with Gasteiger partial charge in [0.2, 0.25) is 0 Å². The van der Waals surface area contributed by atoms with Crippen LogP contribution < -0.4 is 14.8 Å². The van der Waals surface area contributed by atoms with Crippen LogP contribution in [0.4, 0.5) is 10.2 Å². The number of anilines is 1. The second kappa shape index (κ2) is 6.44. The molecule has 2 aliphatic rings. The molecule has 1 aromatic carbocycles. The van der Waals surface area contributed by atoms with E-state index in [2.05, 4.69) is 20.6 Å². The predicted molar refractivity (Wildman–Crippen MR) is 112 cm³/mol. The average molecular weight is 420 g/mol. The molecule has 2 aliphatic heterocycles. The molecule has 0 unspecified atom stereocenters. The summed E-state index contributed by atoms with van der Waals surface area (Å²) in [6.45, 7) is 5.18. The number of fused-ring (bicyclic) bond motifs is 3. The maximum Gasteiger partial charge on any atom is 0.170 e. The lowest BCUT2D eigenvalue weighted by molar-refractivity contribution is 0.249. The van der Waals surface area contributed by atoms with Crippen LogP contribution in [-0.4, -0.2) is 37.6 Å².